The molecule has 0 atom stereocenters. The second-order valence-corrected chi connectivity index (χ2v) is 4.31. The van der Waals surface area contributed by atoms with Gasteiger partial charge in [-0.3, -0.25) is 9.59 Å². The smallest absolute Gasteiger partial charge is 0.249 e. The van der Waals surface area contributed by atoms with Gasteiger partial charge >= 0.3 is 0 Å². The Kier molecular flexibility index (Phi) is 4.15. The number of azide groups is 1. The van der Waals surface area contributed by atoms with Crippen LogP contribution in [0, 0.1) is 0 Å². The van der Waals surface area contributed by atoms with Gasteiger partial charge in [0, 0.05) is 26.6 Å². The molecular formula is C14H8ClN3O2. The lowest BCUT2D eigenvalue weighted by atomic mass is 9.98. The van der Waals surface area contributed by atoms with Crippen LogP contribution in [0.3, 0.4) is 0 Å². The number of amides is 1. The van der Waals surface area contributed by atoms with Crippen LogP contribution in [-0.2, 0) is 0 Å². The number of carbonyl (C=O) groups is 2. The van der Waals surface area contributed by atoms with Crippen molar-refractivity contribution in [1.29, 1.82) is 0 Å². The Balaban J connectivity index is 2.47. The Morgan fingerprint density at radius 1 is 1.00 bits per heavy atom. The van der Waals surface area contributed by atoms with Crippen LogP contribution in [0.1, 0.15) is 26.3 Å². The lowest BCUT2D eigenvalue weighted by molar-refractivity contribution is 0.0981. The van der Waals surface area contributed by atoms with Gasteiger partial charge < -0.3 is 0 Å². The second kappa shape index (κ2) is 6.02. The Morgan fingerprint density at radius 2 is 1.60 bits per heavy atom. The molecule has 0 saturated heterocycles. The van der Waals surface area contributed by atoms with Crippen molar-refractivity contribution in [3.63, 3.8) is 0 Å². The monoisotopic (exact) mass is 285 g/mol. The van der Waals surface area contributed by atoms with E-state index < -0.39 is 5.91 Å². The van der Waals surface area contributed by atoms with Crippen LogP contribution in [0.4, 0.5) is 0 Å². The van der Waals surface area contributed by atoms with E-state index in [0.717, 1.165) is 0 Å². The van der Waals surface area contributed by atoms with E-state index >= 15 is 0 Å². The fourth-order valence-electron chi connectivity index (χ4n) is 1.72. The van der Waals surface area contributed by atoms with Crippen LogP contribution >= 0.6 is 11.6 Å². The minimum atomic E-state index is -0.787. The fraction of sp³-hybridized carbons (Fsp3) is 0. The average Bonchev–Trinajstić information content (AvgIpc) is 2.47. The van der Waals surface area contributed by atoms with E-state index in [1.165, 1.54) is 12.1 Å². The summed E-state index contributed by atoms with van der Waals surface area (Å²) >= 11 is 5.76. The van der Waals surface area contributed by atoms with E-state index in [9.17, 15) is 9.59 Å². The molecule has 2 rings (SSSR count). The molecular weight excluding hydrogens is 278 g/mol. The predicted molar refractivity (Wildman–Crippen MR) is 74.8 cm³/mol. The molecule has 2 aromatic rings. The van der Waals surface area contributed by atoms with Gasteiger partial charge in [-0.1, -0.05) is 35.9 Å². The summed E-state index contributed by atoms with van der Waals surface area (Å²) in [4.78, 5) is 26.5. The lowest BCUT2D eigenvalue weighted by Gasteiger charge is -2.05. The van der Waals surface area contributed by atoms with Crippen LogP contribution in [-0.4, -0.2) is 11.7 Å². The van der Waals surface area contributed by atoms with Crippen molar-refractivity contribution >= 4 is 23.3 Å². The van der Waals surface area contributed by atoms with Crippen LogP contribution in [0.15, 0.2) is 53.6 Å². The molecule has 0 aliphatic carbocycles. The molecule has 2 aromatic carbocycles. The van der Waals surface area contributed by atoms with Crippen molar-refractivity contribution in [3.8, 4) is 0 Å². The molecule has 0 fully saturated rings. The number of hydrogen-bond acceptors (Lipinski definition) is 2. The van der Waals surface area contributed by atoms with Crippen molar-refractivity contribution in [2.45, 2.75) is 0 Å². The van der Waals surface area contributed by atoms with E-state index in [4.69, 9.17) is 17.1 Å². The molecule has 0 unspecified atom stereocenters. The summed E-state index contributed by atoms with van der Waals surface area (Å²) in [5, 5.41) is 3.53. The molecule has 98 valence electrons. The van der Waals surface area contributed by atoms with Crippen LogP contribution in [0.2, 0.25) is 5.02 Å². The van der Waals surface area contributed by atoms with Crippen molar-refractivity contribution in [2.24, 2.45) is 5.11 Å². The zero-order valence-electron chi connectivity index (χ0n) is 10.2. The first-order valence-corrected chi connectivity index (χ1v) is 6.00. The van der Waals surface area contributed by atoms with Crippen LogP contribution < -0.4 is 0 Å². The van der Waals surface area contributed by atoms with Gasteiger partial charge in [0.05, 0.1) is 0 Å². The zero-order valence-corrected chi connectivity index (χ0v) is 10.9. The fourth-order valence-corrected chi connectivity index (χ4v) is 1.84. The van der Waals surface area contributed by atoms with E-state index in [-0.39, 0.29) is 16.9 Å². The third-order valence-electron chi connectivity index (χ3n) is 2.64. The first-order valence-electron chi connectivity index (χ1n) is 5.62. The van der Waals surface area contributed by atoms with Gasteiger partial charge in [0.2, 0.25) is 5.91 Å². The molecule has 0 radical (unpaired) electrons. The summed E-state index contributed by atoms with van der Waals surface area (Å²) in [6, 6.07) is 12.5. The number of rotatable bonds is 3. The van der Waals surface area contributed by atoms with Gasteiger partial charge in [-0.15, -0.1) is 0 Å². The number of halogens is 1. The predicted octanol–water partition coefficient (Wildman–Crippen LogP) is 4.02. The Labute approximate surface area is 119 Å². The minimum absolute atomic E-state index is 0.0743. The second-order valence-electron chi connectivity index (χ2n) is 3.88. The molecule has 20 heavy (non-hydrogen) atoms. The first-order chi connectivity index (χ1) is 9.63. The van der Waals surface area contributed by atoms with E-state index in [1.54, 1.807) is 36.4 Å². The van der Waals surface area contributed by atoms with Gasteiger partial charge in [-0.05, 0) is 34.9 Å². The SMILES string of the molecule is [N-]=[N+]=NC(=O)c1ccccc1C(=O)c1ccc(Cl)cc1. The van der Waals surface area contributed by atoms with Crippen molar-refractivity contribution < 1.29 is 9.59 Å². The Bertz CT molecular complexity index is 719. The van der Waals surface area contributed by atoms with Gasteiger partial charge in [-0.2, -0.15) is 0 Å². The van der Waals surface area contributed by atoms with E-state index in [2.05, 4.69) is 10.0 Å². The molecule has 0 spiro atoms. The topological polar surface area (TPSA) is 82.9 Å². The molecule has 0 aliphatic rings. The molecule has 0 bridgehead atoms. The van der Waals surface area contributed by atoms with Gasteiger partial charge in [0.1, 0.15) is 0 Å². The maximum atomic E-state index is 12.4. The number of nitrogens with zero attached hydrogens (tertiary/aromatic N) is 3. The Hall–Kier alpha value is -2.62. The van der Waals surface area contributed by atoms with Crippen LogP contribution in [0.5, 0.6) is 0 Å². The molecule has 0 heterocycles. The minimum Gasteiger partial charge on any atom is -0.289 e. The zero-order chi connectivity index (χ0) is 14.5. The third-order valence-corrected chi connectivity index (χ3v) is 2.90. The number of benzene rings is 2. The van der Waals surface area contributed by atoms with Crippen LogP contribution in [0.25, 0.3) is 10.4 Å². The first kappa shape index (κ1) is 13.8. The highest BCUT2D eigenvalue weighted by Gasteiger charge is 2.16. The maximum Gasteiger partial charge on any atom is 0.249 e. The van der Waals surface area contributed by atoms with Crippen molar-refractivity contribution in [3.05, 3.63) is 80.7 Å². The third kappa shape index (κ3) is 2.85. The highest BCUT2D eigenvalue weighted by atomic mass is 35.5. The highest BCUT2D eigenvalue weighted by Crippen LogP contribution is 2.17. The van der Waals surface area contributed by atoms with Gasteiger partial charge in [-0.25, -0.2) is 0 Å². The molecule has 0 aliphatic heterocycles. The van der Waals surface area contributed by atoms with Gasteiger partial charge in [0.25, 0.3) is 0 Å². The number of ketones is 1. The van der Waals surface area contributed by atoms with E-state index in [1.807, 2.05) is 0 Å². The molecule has 6 heteroatoms. The summed E-state index contributed by atoms with van der Waals surface area (Å²) in [6.45, 7) is 0. The number of hydrogen-bond donors (Lipinski definition) is 0. The molecule has 0 saturated carbocycles. The molecule has 1 amide bonds. The Morgan fingerprint density at radius 3 is 2.20 bits per heavy atom. The van der Waals surface area contributed by atoms with Crippen molar-refractivity contribution in [1.82, 2.24) is 0 Å². The normalized spacial score (nSPS) is 9.65. The largest absolute Gasteiger partial charge is 0.289 e. The molecule has 0 aromatic heterocycles. The molecule has 5 nitrogen and oxygen atoms in total. The summed E-state index contributed by atoms with van der Waals surface area (Å²) in [7, 11) is 0. The van der Waals surface area contributed by atoms with Crippen molar-refractivity contribution in [2.75, 3.05) is 0 Å². The van der Waals surface area contributed by atoms with Gasteiger partial charge in [0.15, 0.2) is 5.78 Å². The standard InChI is InChI=1S/C14H8ClN3O2/c15-10-7-5-9(6-8-10)13(19)11-3-1-2-4-12(11)14(20)17-18-16/h1-8H. The average molecular weight is 286 g/mol. The summed E-state index contributed by atoms with van der Waals surface area (Å²) < 4.78 is 0. The lowest BCUT2D eigenvalue weighted by Crippen LogP contribution is -2.08. The summed E-state index contributed by atoms with van der Waals surface area (Å²) in [5.41, 5.74) is 8.97. The number of carbonyl (C=O) groups excluding carboxylic acids is 2. The molecule has 0 N–H and O–H groups in total. The summed E-state index contributed by atoms with van der Waals surface area (Å²) in [6.07, 6.45) is 0. The maximum absolute atomic E-state index is 12.4. The van der Waals surface area contributed by atoms with E-state index in [0.29, 0.717) is 10.6 Å². The highest BCUT2D eigenvalue weighted by molar-refractivity contribution is 6.30. The summed E-state index contributed by atoms with van der Waals surface area (Å²) in [5.74, 6) is -1.12. The quantitative estimate of drug-likeness (QED) is 0.369.